The number of carbonyl (C=O) groups is 1. The van der Waals surface area contributed by atoms with Gasteiger partial charge in [0.25, 0.3) is 0 Å². The molecule has 1 aromatic carbocycles. The first kappa shape index (κ1) is 18.2. The molecule has 0 unspecified atom stereocenters. The van der Waals surface area contributed by atoms with E-state index in [9.17, 15) is 4.79 Å². The lowest BCUT2D eigenvalue weighted by Crippen LogP contribution is -2.26. The third kappa shape index (κ3) is 3.38. The molecule has 7 heteroatoms. The van der Waals surface area contributed by atoms with Crippen molar-refractivity contribution in [2.24, 2.45) is 5.92 Å². The molecule has 4 rings (SSSR count). The second-order valence-corrected chi connectivity index (χ2v) is 7.29. The molecule has 0 radical (unpaired) electrons. The number of alkyl carbamates (subject to hydrolysis) is 1. The first-order valence-corrected chi connectivity index (χ1v) is 9.64. The van der Waals surface area contributed by atoms with Gasteiger partial charge in [0.05, 0.1) is 37.0 Å². The van der Waals surface area contributed by atoms with E-state index in [1.54, 1.807) is 6.20 Å². The minimum absolute atomic E-state index is 0.292. The Balaban J connectivity index is 1.77. The molecule has 1 saturated carbocycles. The molecular weight excluding hydrogens is 354 g/mol. The van der Waals surface area contributed by atoms with Crippen molar-refractivity contribution in [2.45, 2.75) is 44.7 Å². The summed E-state index contributed by atoms with van der Waals surface area (Å²) >= 11 is 0. The van der Waals surface area contributed by atoms with Crippen LogP contribution in [0, 0.1) is 17.2 Å². The summed E-state index contributed by atoms with van der Waals surface area (Å²) in [7, 11) is 1.35. The Hall–Kier alpha value is -3.14. The molecule has 1 amide bonds. The van der Waals surface area contributed by atoms with Crippen molar-refractivity contribution in [2.75, 3.05) is 7.11 Å². The van der Waals surface area contributed by atoms with E-state index in [0.717, 1.165) is 53.4 Å². The number of amides is 1. The highest BCUT2D eigenvalue weighted by Crippen LogP contribution is 2.37. The molecule has 0 atom stereocenters. The molecule has 1 fully saturated rings. The van der Waals surface area contributed by atoms with E-state index in [2.05, 4.69) is 27.0 Å². The summed E-state index contributed by atoms with van der Waals surface area (Å²) in [6.45, 7) is 0.299. The van der Waals surface area contributed by atoms with Crippen molar-refractivity contribution < 1.29 is 9.53 Å². The van der Waals surface area contributed by atoms with Crippen LogP contribution in [-0.2, 0) is 11.3 Å². The van der Waals surface area contributed by atoms with Gasteiger partial charge in [-0.3, -0.25) is 4.98 Å². The number of imidazole rings is 1. The molecule has 1 aliphatic carbocycles. The molecule has 28 heavy (non-hydrogen) atoms. The Kier molecular flexibility index (Phi) is 5.11. The largest absolute Gasteiger partial charge is 0.453 e. The van der Waals surface area contributed by atoms with Crippen LogP contribution in [0.5, 0.6) is 0 Å². The minimum atomic E-state index is -0.473. The van der Waals surface area contributed by atoms with E-state index < -0.39 is 6.09 Å². The van der Waals surface area contributed by atoms with Gasteiger partial charge in [0.15, 0.2) is 0 Å². The Bertz CT molecular complexity index is 1040. The van der Waals surface area contributed by atoms with Gasteiger partial charge in [-0.2, -0.15) is 5.26 Å². The zero-order chi connectivity index (χ0) is 19.5. The van der Waals surface area contributed by atoms with Gasteiger partial charge >= 0.3 is 6.09 Å². The molecule has 1 N–H and O–H groups in total. The van der Waals surface area contributed by atoms with Gasteiger partial charge in [-0.15, -0.1) is 0 Å². The number of nitriles is 1. The van der Waals surface area contributed by atoms with Crippen LogP contribution in [0.25, 0.3) is 21.9 Å². The van der Waals surface area contributed by atoms with Gasteiger partial charge in [0, 0.05) is 17.8 Å². The molecule has 2 aromatic heterocycles. The third-order valence-corrected chi connectivity index (χ3v) is 5.63. The Morgan fingerprint density at radius 2 is 2.07 bits per heavy atom. The van der Waals surface area contributed by atoms with Crippen molar-refractivity contribution in [1.82, 2.24) is 19.9 Å². The first-order valence-electron chi connectivity index (χ1n) is 9.64. The smallest absolute Gasteiger partial charge is 0.407 e. The van der Waals surface area contributed by atoms with Crippen LogP contribution in [-0.4, -0.2) is 27.7 Å². The molecule has 7 nitrogen and oxygen atoms in total. The summed E-state index contributed by atoms with van der Waals surface area (Å²) in [6, 6.07) is 10.7. The highest BCUT2D eigenvalue weighted by molar-refractivity contribution is 6.02. The van der Waals surface area contributed by atoms with Crippen LogP contribution in [0.15, 0.2) is 30.5 Å². The predicted octanol–water partition coefficient (Wildman–Crippen LogP) is 4.09. The van der Waals surface area contributed by atoms with Gasteiger partial charge < -0.3 is 14.6 Å². The molecule has 3 aromatic rings. The van der Waals surface area contributed by atoms with E-state index in [1.165, 1.54) is 7.11 Å². The van der Waals surface area contributed by atoms with Crippen LogP contribution >= 0.6 is 0 Å². The maximum Gasteiger partial charge on any atom is 0.407 e. The van der Waals surface area contributed by atoms with E-state index >= 15 is 0 Å². The van der Waals surface area contributed by atoms with Gasteiger partial charge in [-0.05, 0) is 37.7 Å². The number of rotatable bonds is 4. The monoisotopic (exact) mass is 377 g/mol. The number of hydrogen-bond acceptors (Lipinski definition) is 5. The summed E-state index contributed by atoms with van der Waals surface area (Å²) in [4.78, 5) is 20.9. The van der Waals surface area contributed by atoms with E-state index in [0.29, 0.717) is 24.9 Å². The number of fused-ring (bicyclic) bond motifs is 3. The van der Waals surface area contributed by atoms with Crippen molar-refractivity contribution in [3.05, 3.63) is 36.3 Å². The lowest BCUT2D eigenvalue weighted by Gasteiger charge is -2.30. The molecule has 144 valence electrons. The Labute approximate surface area is 163 Å². The molecule has 0 aliphatic heterocycles. The molecule has 0 spiro atoms. The van der Waals surface area contributed by atoms with Crippen molar-refractivity contribution in [1.29, 1.82) is 5.26 Å². The highest BCUT2D eigenvalue weighted by Gasteiger charge is 2.26. The summed E-state index contributed by atoms with van der Waals surface area (Å²) < 4.78 is 6.99. The zero-order valence-corrected chi connectivity index (χ0v) is 15.9. The maximum atomic E-state index is 11.6. The number of para-hydroxylation sites is 1. The fraction of sp³-hybridized carbons (Fsp3) is 0.429. The third-order valence-electron chi connectivity index (χ3n) is 5.63. The second-order valence-electron chi connectivity index (χ2n) is 7.29. The lowest BCUT2D eigenvalue weighted by molar-refractivity contribution is 0.170. The number of hydrogen-bond donors (Lipinski definition) is 1. The summed E-state index contributed by atoms with van der Waals surface area (Å²) in [5.74, 6) is 1.29. The molecule has 2 heterocycles. The molecule has 1 aliphatic rings. The van der Waals surface area contributed by atoms with E-state index in [-0.39, 0.29) is 0 Å². The van der Waals surface area contributed by atoms with Crippen LogP contribution < -0.4 is 5.32 Å². The van der Waals surface area contributed by atoms with Crippen LogP contribution in [0.2, 0.25) is 0 Å². The summed E-state index contributed by atoms with van der Waals surface area (Å²) in [5.41, 5.74) is 2.83. The van der Waals surface area contributed by atoms with E-state index in [1.807, 2.05) is 18.2 Å². The molecule has 0 bridgehead atoms. The van der Waals surface area contributed by atoms with Crippen molar-refractivity contribution in [3.63, 3.8) is 0 Å². The normalized spacial score (nSPS) is 19.4. The first-order chi connectivity index (χ1) is 13.7. The summed E-state index contributed by atoms with van der Waals surface area (Å²) in [6.07, 6.45) is 6.02. The standard InChI is InChI=1S/C21H23N5O2/c1-28-21(27)24-13-19-25-18-12-23-17-5-3-2-4-16(17)20(18)26(19)15-8-6-14(7-9-15)10-11-22/h2-5,12,14-15H,6-10,13H2,1H3,(H,24,27). The average molecular weight is 377 g/mol. The van der Waals surface area contributed by atoms with Crippen LogP contribution in [0.3, 0.4) is 0 Å². The Morgan fingerprint density at radius 3 is 2.82 bits per heavy atom. The van der Waals surface area contributed by atoms with Crippen LogP contribution in [0.1, 0.15) is 44.0 Å². The average Bonchev–Trinajstić information content (AvgIpc) is 3.11. The van der Waals surface area contributed by atoms with Gasteiger partial charge in [0.1, 0.15) is 11.3 Å². The molecule has 0 saturated heterocycles. The van der Waals surface area contributed by atoms with Gasteiger partial charge in [0.2, 0.25) is 0 Å². The number of ether oxygens (including phenoxy) is 1. The number of methoxy groups -OCH3 is 1. The predicted molar refractivity (Wildman–Crippen MR) is 106 cm³/mol. The quantitative estimate of drug-likeness (QED) is 0.739. The fourth-order valence-corrected chi connectivity index (χ4v) is 4.25. The number of nitrogens with zero attached hydrogens (tertiary/aromatic N) is 4. The van der Waals surface area contributed by atoms with Crippen molar-refractivity contribution >= 4 is 28.0 Å². The van der Waals surface area contributed by atoms with E-state index in [4.69, 9.17) is 15.0 Å². The fourth-order valence-electron chi connectivity index (χ4n) is 4.25. The SMILES string of the molecule is COC(=O)NCc1nc2cnc3ccccc3c2n1C1CCC(CC#N)CC1. The lowest BCUT2D eigenvalue weighted by atomic mass is 9.84. The Morgan fingerprint density at radius 1 is 1.29 bits per heavy atom. The summed E-state index contributed by atoms with van der Waals surface area (Å²) in [5, 5.41) is 12.8. The number of benzene rings is 1. The van der Waals surface area contributed by atoms with Crippen LogP contribution in [0.4, 0.5) is 4.79 Å². The zero-order valence-electron chi connectivity index (χ0n) is 15.9. The molecular formula is C21H23N5O2. The van der Waals surface area contributed by atoms with Gasteiger partial charge in [-0.25, -0.2) is 9.78 Å². The van der Waals surface area contributed by atoms with Crippen molar-refractivity contribution in [3.8, 4) is 6.07 Å². The second kappa shape index (κ2) is 7.85. The number of carbonyl (C=O) groups excluding carboxylic acids is 1. The van der Waals surface area contributed by atoms with Gasteiger partial charge in [-0.1, -0.05) is 18.2 Å². The minimum Gasteiger partial charge on any atom is -0.453 e. The number of aromatic nitrogens is 3. The highest BCUT2D eigenvalue weighted by atomic mass is 16.5. The topological polar surface area (TPSA) is 92.8 Å². The number of pyridine rings is 1. The number of nitrogens with one attached hydrogen (secondary N) is 1. The maximum absolute atomic E-state index is 11.6.